The van der Waals surface area contributed by atoms with Gasteiger partial charge in [-0.25, -0.2) is 4.79 Å². The van der Waals surface area contributed by atoms with E-state index in [0.717, 1.165) is 0 Å². The summed E-state index contributed by atoms with van der Waals surface area (Å²) in [5.41, 5.74) is -0.135. The van der Waals surface area contributed by atoms with Gasteiger partial charge in [0.15, 0.2) is 23.1 Å². The number of carbonyl (C=O) groups is 3. The number of ketones is 2. The molecule has 1 aliphatic rings. The minimum absolute atomic E-state index is 0.0306. The summed E-state index contributed by atoms with van der Waals surface area (Å²) in [5.74, 6) is -2.02. The van der Waals surface area contributed by atoms with Crippen LogP contribution in [0.4, 0.5) is 0 Å². The van der Waals surface area contributed by atoms with Crippen molar-refractivity contribution in [3.05, 3.63) is 60.1 Å². The number of rotatable bonds is 9. The molecule has 2 atom stereocenters. The van der Waals surface area contributed by atoms with Crippen LogP contribution in [0.1, 0.15) is 27.2 Å². The molecule has 1 heterocycles. The van der Waals surface area contributed by atoms with Crippen LogP contribution in [0, 0.1) is 11.8 Å². The second-order valence-corrected chi connectivity index (χ2v) is 5.80. The predicted octanol–water partition coefficient (Wildman–Crippen LogP) is 3.45. The zero-order chi connectivity index (χ0) is 19.0. The van der Waals surface area contributed by atoms with E-state index in [1.54, 1.807) is 26.0 Å². The molecule has 0 amide bonds. The van der Waals surface area contributed by atoms with Gasteiger partial charge in [-0.15, -0.1) is 0 Å². The van der Waals surface area contributed by atoms with E-state index in [-0.39, 0.29) is 28.8 Å². The Morgan fingerprint density at radius 3 is 2.40 bits per heavy atom. The summed E-state index contributed by atoms with van der Waals surface area (Å²) in [5, 5.41) is 0. The summed E-state index contributed by atoms with van der Waals surface area (Å²) in [7, 11) is 1.35. The summed E-state index contributed by atoms with van der Waals surface area (Å²) in [4.78, 5) is 36.4. The van der Waals surface area contributed by atoms with Gasteiger partial charge in [0.2, 0.25) is 0 Å². The normalized spacial score (nSPS) is 17.6. The minimum Gasteiger partial charge on any atom is -0.492 e. The third-order valence-electron chi connectivity index (χ3n) is 3.78. The highest BCUT2D eigenvalue weighted by Gasteiger charge is 2.37. The molecule has 5 heteroatoms. The van der Waals surface area contributed by atoms with E-state index in [4.69, 9.17) is 9.47 Å². The lowest BCUT2D eigenvalue weighted by Crippen LogP contribution is -2.22. The van der Waals surface area contributed by atoms with Crippen molar-refractivity contribution < 1.29 is 23.9 Å². The molecule has 0 bridgehead atoms. The molecule has 0 unspecified atom stereocenters. The monoisotopic (exact) mass is 344 g/mol. The van der Waals surface area contributed by atoms with Crippen molar-refractivity contribution in [3.63, 3.8) is 0 Å². The molecule has 0 fully saturated rings. The number of ether oxygens (including phenoxy) is 2. The molecular weight excluding hydrogens is 320 g/mol. The van der Waals surface area contributed by atoms with E-state index in [1.165, 1.54) is 13.2 Å². The third-order valence-corrected chi connectivity index (χ3v) is 3.78. The van der Waals surface area contributed by atoms with Gasteiger partial charge in [-0.1, -0.05) is 50.8 Å². The van der Waals surface area contributed by atoms with Crippen LogP contribution >= 0.6 is 0 Å². The van der Waals surface area contributed by atoms with E-state index in [2.05, 4.69) is 6.58 Å². The lowest BCUT2D eigenvalue weighted by Gasteiger charge is -2.14. The number of cyclic esters (lactones) is 1. The van der Waals surface area contributed by atoms with Gasteiger partial charge in [0, 0.05) is 11.8 Å². The Morgan fingerprint density at radius 1 is 1.16 bits per heavy atom. The van der Waals surface area contributed by atoms with Gasteiger partial charge in [0.1, 0.15) is 5.57 Å². The maximum absolute atomic E-state index is 12.5. The zero-order valence-corrected chi connectivity index (χ0v) is 15.1. The highest BCUT2D eigenvalue weighted by atomic mass is 16.6. The molecule has 0 aromatic heterocycles. The van der Waals surface area contributed by atoms with E-state index in [0.29, 0.717) is 6.42 Å². The molecular formula is C20H24O5. The van der Waals surface area contributed by atoms with Crippen LogP contribution in [0.25, 0.3) is 0 Å². The van der Waals surface area contributed by atoms with Crippen molar-refractivity contribution >= 4 is 17.5 Å². The van der Waals surface area contributed by atoms with E-state index in [1.807, 2.05) is 25.2 Å². The van der Waals surface area contributed by atoms with Crippen molar-refractivity contribution in [2.24, 2.45) is 11.8 Å². The number of esters is 1. The Kier molecular flexibility index (Phi) is 7.79. The van der Waals surface area contributed by atoms with Crippen LogP contribution < -0.4 is 0 Å². The lowest BCUT2D eigenvalue weighted by molar-refractivity contribution is -0.135. The van der Waals surface area contributed by atoms with Crippen molar-refractivity contribution in [1.82, 2.24) is 0 Å². The van der Waals surface area contributed by atoms with Crippen molar-refractivity contribution in [1.29, 1.82) is 0 Å². The topological polar surface area (TPSA) is 69.7 Å². The van der Waals surface area contributed by atoms with Gasteiger partial charge in [-0.3, -0.25) is 9.59 Å². The Bertz CT molecular complexity index is 676. The van der Waals surface area contributed by atoms with Gasteiger partial charge in [0.05, 0.1) is 7.11 Å². The van der Waals surface area contributed by atoms with Crippen LogP contribution in [-0.2, 0) is 23.9 Å². The SMILES string of the molecule is C=C1OC(=O)C(C(=O)[C@H](C)C[C@H](C)C(=O)/C=C/C=C/C=C/C)=C1OC. The number of hydrogen-bond acceptors (Lipinski definition) is 5. The van der Waals surface area contributed by atoms with Crippen LogP contribution in [0.5, 0.6) is 0 Å². The predicted molar refractivity (Wildman–Crippen MR) is 95.3 cm³/mol. The lowest BCUT2D eigenvalue weighted by atomic mass is 9.88. The number of Topliss-reactive ketones (excluding diaryl/α,β-unsaturated/α-hetero) is 1. The summed E-state index contributed by atoms with van der Waals surface area (Å²) in [6.07, 6.45) is 10.8. The highest BCUT2D eigenvalue weighted by molar-refractivity contribution is 6.20. The second-order valence-electron chi connectivity index (χ2n) is 5.80. The Hall–Kier alpha value is -2.69. The summed E-state index contributed by atoms with van der Waals surface area (Å²) < 4.78 is 9.88. The van der Waals surface area contributed by atoms with Crippen LogP contribution in [0.3, 0.4) is 0 Å². The summed E-state index contributed by atoms with van der Waals surface area (Å²) in [6.45, 7) is 8.87. The second kappa shape index (κ2) is 9.57. The highest BCUT2D eigenvalue weighted by Crippen LogP contribution is 2.29. The molecule has 0 aliphatic carbocycles. The molecule has 0 spiro atoms. The maximum Gasteiger partial charge on any atom is 0.351 e. The van der Waals surface area contributed by atoms with Gasteiger partial charge >= 0.3 is 5.97 Å². The molecule has 0 saturated heterocycles. The van der Waals surface area contributed by atoms with Gasteiger partial charge in [0.25, 0.3) is 0 Å². The number of methoxy groups -OCH3 is 1. The Balaban J connectivity index is 2.74. The molecule has 5 nitrogen and oxygen atoms in total. The first kappa shape index (κ1) is 20.4. The molecule has 0 saturated carbocycles. The first-order valence-corrected chi connectivity index (χ1v) is 8.07. The fourth-order valence-corrected chi connectivity index (χ4v) is 2.42. The standard InChI is InChI=1S/C20H24O5/c1-6-7-8-9-10-11-16(21)13(2)12-14(3)18(22)17-19(24-5)15(4)25-20(17)23/h6-11,13-14H,4,12H2,1-3,5H3/b7-6+,9-8+,11-10+/t13-,14+/m0/s1. The van der Waals surface area contributed by atoms with Gasteiger partial charge < -0.3 is 9.47 Å². The first-order valence-electron chi connectivity index (χ1n) is 8.07. The van der Waals surface area contributed by atoms with Gasteiger partial charge in [-0.2, -0.15) is 0 Å². The fourth-order valence-electron chi connectivity index (χ4n) is 2.42. The largest absolute Gasteiger partial charge is 0.492 e. The van der Waals surface area contributed by atoms with Crippen molar-refractivity contribution in [2.45, 2.75) is 27.2 Å². The van der Waals surface area contributed by atoms with Gasteiger partial charge in [-0.05, 0) is 19.4 Å². The minimum atomic E-state index is -0.758. The average Bonchev–Trinajstić information content (AvgIpc) is 2.86. The Labute approximate surface area is 148 Å². The molecule has 25 heavy (non-hydrogen) atoms. The Morgan fingerprint density at radius 2 is 1.80 bits per heavy atom. The van der Waals surface area contributed by atoms with E-state index >= 15 is 0 Å². The van der Waals surface area contributed by atoms with E-state index < -0.39 is 17.7 Å². The van der Waals surface area contributed by atoms with Crippen molar-refractivity contribution in [2.75, 3.05) is 7.11 Å². The molecule has 0 N–H and O–H groups in total. The summed E-state index contributed by atoms with van der Waals surface area (Å²) in [6, 6.07) is 0. The molecule has 0 radical (unpaired) electrons. The fraction of sp³-hybridized carbons (Fsp3) is 0.350. The zero-order valence-electron chi connectivity index (χ0n) is 15.1. The molecule has 0 aromatic carbocycles. The molecule has 0 aromatic rings. The van der Waals surface area contributed by atoms with Crippen LogP contribution in [0.15, 0.2) is 60.1 Å². The molecule has 1 rings (SSSR count). The van der Waals surface area contributed by atoms with E-state index in [9.17, 15) is 14.4 Å². The first-order chi connectivity index (χ1) is 11.8. The number of allylic oxidation sites excluding steroid dienone is 6. The molecule has 134 valence electrons. The quantitative estimate of drug-likeness (QED) is 0.277. The third kappa shape index (κ3) is 5.41. The van der Waals surface area contributed by atoms with Crippen LogP contribution in [0.2, 0.25) is 0 Å². The smallest absolute Gasteiger partial charge is 0.351 e. The van der Waals surface area contributed by atoms with Crippen molar-refractivity contribution in [3.8, 4) is 0 Å². The molecule has 1 aliphatic heterocycles. The number of carbonyl (C=O) groups excluding carboxylic acids is 3. The average molecular weight is 344 g/mol. The summed E-state index contributed by atoms with van der Waals surface area (Å²) >= 11 is 0. The maximum atomic E-state index is 12.5. The number of hydrogen-bond donors (Lipinski definition) is 0. The van der Waals surface area contributed by atoms with Crippen LogP contribution in [-0.4, -0.2) is 24.6 Å².